The van der Waals surface area contributed by atoms with Gasteiger partial charge in [0.05, 0.1) is 6.61 Å². The molecule has 1 atom stereocenters. The van der Waals surface area contributed by atoms with Crippen molar-refractivity contribution >= 4 is 5.97 Å². The minimum absolute atomic E-state index is 0.233. The second kappa shape index (κ2) is 5.32. The van der Waals surface area contributed by atoms with Crippen LogP contribution in [0.2, 0.25) is 0 Å². The lowest BCUT2D eigenvalue weighted by atomic mass is 10.1. The average molecular weight is 206 g/mol. The van der Waals surface area contributed by atoms with Gasteiger partial charge in [0.1, 0.15) is 0 Å². The molecule has 15 heavy (non-hydrogen) atoms. The molecular weight excluding hydrogens is 192 g/mol. The molecule has 3 nitrogen and oxygen atoms in total. The number of rotatable bonds is 4. The molecule has 0 saturated carbocycles. The summed E-state index contributed by atoms with van der Waals surface area (Å²) in [5.74, 6) is -0.488. The van der Waals surface area contributed by atoms with Crippen molar-refractivity contribution in [1.82, 2.24) is 0 Å². The lowest BCUT2D eigenvalue weighted by Gasteiger charge is -2.15. The summed E-state index contributed by atoms with van der Waals surface area (Å²) in [5.41, 5.74) is 1.10. The van der Waals surface area contributed by atoms with Crippen LogP contribution in [0.1, 0.15) is 18.6 Å². The normalized spacial score (nSPS) is 11.9. The van der Waals surface area contributed by atoms with Crippen LogP contribution in [0, 0.1) is 0 Å². The highest BCUT2D eigenvalue weighted by molar-refractivity contribution is 5.87. The van der Waals surface area contributed by atoms with Crippen molar-refractivity contribution in [3.63, 3.8) is 0 Å². The molecule has 1 N–H and O–H groups in total. The van der Waals surface area contributed by atoms with E-state index in [4.69, 9.17) is 9.84 Å². The van der Waals surface area contributed by atoms with Crippen molar-refractivity contribution in [3.8, 4) is 0 Å². The second-order valence-corrected chi connectivity index (χ2v) is 3.27. The van der Waals surface area contributed by atoms with Crippen LogP contribution in [0.25, 0.3) is 0 Å². The molecule has 0 spiro atoms. The molecule has 0 radical (unpaired) electrons. The molecule has 1 unspecified atom stereocenters. The smallest absolute Gasteiger partial charge is 0.333 e. The van der Waals surface area contributed by atoms with E-state index in [9.17, 15) is 4.79 Å². The predicted molar refractivity (Wildman–Crippen MR) is 57.2 cm³/mol. The van der Waals surface area contributed by atoms with Crippen LogP contribution >= 0.6 is 0 Å². The van der Waals surface area contributed by atoms with Gasteiger partial charge in [0.2, 0.25) is 0 Å². The number of aliphatic hydroxyl groups excluding tert-OH is 1. The Hall–Kier alpha value is -1.61. The van der Waals surface area contributed by atoms with Gasteiger partial charge >= 0.3 is 5.97 Å². The zero-order valence-electron chi connectivity index (χ0n) is 8.64. The number of hydrogen-bond acceptors (Lipinski definition) is 3. The molecule has 1 aromatic carbocycles. The third-order valence-electron chi connectivity index (χ3n) is 1.93. The zero-order chi connectivity index (χ0) is 11.3. The van der Waals surface area contributed by atoms with E-state index in [-0.39, 0.29) is 6.61 Å². The number of aliphatic hydroxyl groups is 1. The first-order valence-electron chi connectivity index (χ1n) is 4.67. The van der Waals surface area contributed by atoms with Gasteiger partial charge in [0.15, 0.2) is 6.10 Å². The first kappa shape index (κ1) is 11.5. The molecule has 0 aliphatic rings. The number of ether oxygens (including phenoxy) is 1. The first-order chi connectivity index (χ1) is 7.15. The van der Waals surface area contributed by atoms with Gasteiger partial charge in [0.25, 0.3) is 0 Å². The van der Waals surface area contributed by atoms with Gasteiger partial charge in [-0.1, -0.05) is 36.9 Å². The maximum Gasteiger partial charge on any atom is 0.333 e. The third-order valence-corrected chi connectivity index (χ3v) is 1.93. The van der Waals surface area contributed by atoms with Gasteiger partial charge in [-0.15, -0.1) is 0 Å². The molecule has 0 bridgehead atoms. The summed E-state index contributed by atoms with van der Waals surface area (Å²) in [6.07, 6.45) is -0.615. The Labute approximate surface area is 89.0 Å². The molecule has 80 valence electrons. The largest absolute Gasteiger partial charge is 0.452 e. The highest BCUT2D eigenvalue weighted by Gasteiger charge is 2.15. The molecule has 1 aromatic rings. The molecule has 0 fully saturated rings. The fourth-order valence-corrected chi connectivity index (χ4v) is 1.11. The summed E-state index contributed by atoms with van der Waals surface area (Å²) in [4.78, 5) is 11.3. The minimum Gasteiger partial charge on any atom is -0.452 e. The summed E-state index contributed by atoms with van der Waals surface area (Å²) in [6.45, 7) is 4.82. The van der Waals surface area contributed by atoms with Crippen LogP contribution in [-0.4, -0.2) is 17.7 Å². The van der Waals surface area contributed by atoms with Gasteiger partial charge < -0.3 is 9.84 Å². The summed E-state index contributed by atoms with van der Waals surface area (Å²) < 4.78 is 5.06. The van der Waals surface area contributed by atoms with E-state index in [1.165, 1.54) is 0 Å². The summed E-state index contributed by atoms with van der Waals surface area (Å²) in [5, 5.41) is 9.10. The van der Waals surface area contributed by atoms with Crippen molar-refractivity contribution in [1.29, 1.82) is 0 Å². The van der Waals surface area contributed by atoms with Crippen LogP contribution in [0.4, 0.5) is 0 Å². The van der Waals surface area contributed by atoms with Crippen molar-refractivity contribution in [2.45, 2.75) is 13.0 Å². The van der Waals surface area contributed by atoms with E-state index in [2.05, 4.69) is 6.58 Å². The Balaban J connectivity index is 2.73. The Morgan fingerprint density at radius 1 is 1.47 bits per heavy atom. The Bertz CT molecular complexity index is 343. The lowest BCUT2D eigenvalue weighted by Crippen LogP contribution is -2.14. The van der Waals surface area contributed by atoms with Crippen molar-refractivity contribution in [2.75, 3.05) is 6.61 Å². The summed E-state index contributed by atoms with van der Waals surface area (Å²) in [6, 6.07) is 9.11. The highest BCUT2D eigenvalue weighted by Crippen LogP contribution is 2.17. The molecule has 0 aliphatic carbocycles. The monoisotopic (exact) mass is 206 g/mol. The molecular formula is C12H14O3. The first-order valence-corrected chi connectivity index (χ1v) is 4.67. The zero-order valence-corrected chi connectivity index (χ0v) is 8.64. The minimum atomic E-state index is -0.615. The molecule has 0 amide bonds. The summed E-state index contributed by atoms with van der Waals surface area (Å²) in [7, 11) is 0. The Morgan fingerprint density at radius 2 is 2.07 bits per heavy atom. The Morgan fingerprint density at radius 3 is 2.53 bits per heavy atom. The molecule has 3 heteroatoms. The number of esters is 1. The van der Waals surface area contributed by atoms with Crippen LogP contribution in [0.15, 0.2) is 42.5 Å². The SMILES string of the molecule is C=C(C)C(=O)OC(CO)c1ccccc1. The Kier molecular flexibility index (Phi) is 4.06. The number of benzene rings is 1. The van der Waals surface area contributed by atoms with E-state index in [1.54, 1.807) is 19.1 Å². The van der Waals surface area contributed by atoms with Crippen LogP contribution in [0.5, 0.6) is 0 Å². The quantitative estimate of drug-likeness (QED) is 0.604. The predicted octanol–water partition coefficient (Wildman–Crippen LogP) is 1.84. The number of carbonyl (C=O) groups is 1. The van der Waals surface area contributed by atoms with Crippen LogP contribution in [0.3, 0.4) is 0 Å². The van der Waals surface area contributed by atoms with E-state index in [0.717, 1.165) is 5.56 Å². The van der Waals surface area contributed by atoms with Gasteiger partial charge in [-0.3, -0.25) is 0 Å². The van der Waals surface area contributed by atoms with Gasteiger partial charge in [-0.2, -0.15) is 0 Å². The molecule has 0 aromatic heterocycles. The van der Waals surface area contributed by atoms with E-state index < -0.39 is 12.1 Å². The second-order valence-electron chi connectivity index (χ2n) is 3.27. The van der Waals surface area contributed by atoms with Gasteiger partial charge in [-0.05, 0) is 12.5 Å². The number of carbonyl (C=O) groups excluding carboxylic acids is 1. The summed E-state index contributed by atoms with van der Waals surface area (Å²) >= 11 is 0. The fraction of sp³-hybridized carbons (Fsp3) is 0.250. The lowest BCUT2D eigenvalue weighted by molar-refractivity contribution is -0.146. The molecule has 0 saturated heterocycles. The van der Waals surface area contributed by atoms with Crippen molar-refractivity contribution < 1.29 is 14.6 Å². The van der Waals surface area contributed by atoms with E-state index >= 15 is 0 Å². The topological polar surface area (TPSA) is 46.5 Å². The standard InChI is InChI=1S/C12H14O3/c1-9(2)12(14)15-11(8-13)10-6-4-3-5-7-10/h3-7,11,13H,1,8H2,2H3. The molecule has 1 rings (SSSR count). The van der Waals surface area contributed by atoms with Crippen LogP contribution < -0.4 is 0 Å². The average Bonchev–Trinajstić information content (AvgIpc) is 2.26. The molecule has 0 heterocycles. The van der Waals surface area contributed by atoms with E-state index in [0.29, 0.717) is 5.57 Å². The molecule has 0 aliphatic heterocycles. The van der Waals surface area contributed by atoms with Gasteiger partial charge in [-0.25, -0.2) is 4.79 Å². The van der Waals surface area contributed by atoms with Crippen LogP contribution in [-0.2, 0) is 9.53 Å². The highest BCUT2D eigenvalue weighted by atomic mass is 16.6. The van der Waals surface area contributed by atoms with Gasteiger partial charge in [0, 0.05) is 5.57 Å². The maximum absolute atomic E-state index is 11.3. The fourth-order valence-electron chi connectivity index (χ4n) is 1.11. The third kappa shape index (κ3) is 3.22. The van der Waals surface area contributed by atoms with E-state index in [1.807, 2.05) is 18.2 Å². The maximum atomic E-state index is 11.3. The van der Waals surface area contributed by atoms with Crippen molar-refractivity contribution in [3.05, 3.63) is 48.0 Å². The number of hydrogen-bond donors (Lipinski definition) is 1. The van der Waals surface area contributed by atoms with Crippen molar-refractivity contribution in [2.24, 2.45) is 0 Å².